The first-order valence-corrected chi connectivity index (χ1v) is 14.2. The molecule has 2 N–H and O–H groups in total. The van der Waals surface area contributed by atoms with Crippen LogP contribution in [0.25, 0.3) is 11.4 Å². The Balaban J connectivity index is 1.47. The van der Waals surface area contributed by atoms with Gasteiger partial charge in [-0.15, -0.1) is 0 Å². The number of aliphatic hydroxyl groups is 1. The number of aromatic nitrogens is 2. The standard InChI is InChI=1S/C27H33N6O6P/c1-2-3-15-39-27(37)32-13-11-31(12-14-32)26(36)22(18-40-38)29-25(35)21-16-23(33-10-9-20(34)17-33)30-24(28-21)19-7-5-4-6-8-19/h4-8,16,20,22,34H,2-3,9-15,17H2,1H3,(H,29,35)/t20?,22-/m0/s1. The van der Waals surface area contributed by atoms with Gasteiger partial charge < -0.3 is 0 Å². The first-order valence-electron chi connectivity index (χ1n) is 13.4. The van der Waals surface area contributed by atoms with Crippen LogP contribution in [0.3, 0.4) is 0 Å². The zero-order valence-corrected chi connectivity index (χ0v) is 23.3. The average Bonchev–Trinajstić information content (AvgIpc) is 3.43. The first kappa shape index (κ1) is 29.3. The van der Waals surface area contributed by atoms with Crippen LogP contribution in [0, 0.1) is 5.63 Å². The number of unbranched alkanes of at least 4 members (excludes halogenated alkanes) is 1. The first-order chi connectivity index (χ1) is 19.4. The average molecular weight is 569 g/mol. The molecule has 4 rings (SSSR count). The fourth-order valence-corrected chi connectivity index (χ4v) is 4.75. The van der Waals surface area contributed by atoms with Crippen molar-refractivity contribution in [2.75, 3.05) is 50.8 Å². The normalized spacial score (nSPS) is 17.6. The van der Waals surface area contributed by atoms with E-state index >= 15 is 0 Å². The Bertz CT molecular complexity index is 1320. The summed E-state index contributed by atoms with van der Waals surface area (Å²) in [6.07, 6.45) is 1.37. The zero-order valence-electron chi connectivity index (χ0n) is 22.4. The molecule has 212 valence electrons. The van der Waals surface area contributed by atoms with Gasteiger partial charge in [-0.1, -0.05) is 6.92 Å². The molecule has 0 saturated carbocycles. The topological polar surface area (TPSA) is 145 Å². The molecule has 13 heteroatoms. The number of amides is 3. The van der Waals surface area contributed by atoms with Crippen molar-refractivity contribution in [3.63, 3.8) is 0 Å². The summed E-state index contributed by atoms with van der Waals surface area (Å²) in [6.45, 7) is 4.34. The molecule has 2 saturated heterocycles. The van der Waals surface area contributed by atoms with E-state index in [4.69, 9.17) is 4.74 Å². The van der Waals surface area contributed by atoms with Crippen molar-refractivity contribution in [1.82, 2.24) is 25.1 Å². The Hall–Kier alpha value is -3.72. The number of hydrogen-bond donors (Lipinski definition) is 2. The number of anilines is 1. The molecule has 2 atom stereocenters. The third kappa shape index (κ3) is 7.47. The van der Waals surface area contributed by atoms with Crippen LogP contribution in [0.15, 0.2) is 36.4 Å². The number of piperazine rings is 1. The van der Waals surface area contributed by atoms with E-state index in [-0.39, 0.29) is 31.9 Å². The van der Waals surface area contributed by atoms with E-state index in [1.54, 1.807) is 0 Å². The summed E-state index contributed by atoms with van der Waals surface area (Å²) in [5.74, 6) is -0.344. The van der Waals surface area contributed by atoms with Crippen molar-refractivity contribution >= 4 is 31.6 Å². The van der Waals surface area contributed by atoms with Gasteiger partial charge in [0.1, 0.15) is 0 Å². The molecule has 0 bridgehead atoms. The molecule has 2 fully saturated rings. The Morgan fingerprint density at radius 3 is 2.50 bits per heavy atom. The van der Waals surface area contributed by atoms with E-state index in [2.05, 4.69) is 20.9 Å². The van der Waals surface area contributed by atoms with E-state index in [0.717, 1.165) is 12.8 Å². The molecule has 2 aliphatic heterocycles. The predicted molar refractivity (Wildman–Crippen MR) is 147 cm³/mol. The molecule has 0 spiro atoms. The van der Waals surface area contributed by atoms with Gasteiger partial charge in [0.15, 0.2) is 0 Å². The number of ether oxygens (including phenoxy) is 1. The van der Waals surface area contributed by atoms with Crippen LogP contribution in [0.4, 0.5) is 10.6 Å². The van der Waals surface area contributed by atoms with Crippen molar-refractivity contribution in [2.45, 2.75) is 38.3 Å². The fourth-order valence-electron chi connectivity index (χ4n) is 4.47. The number of nitrogens with one attached hydrogen (secondary N) is 1. The van der Waals surface area contributed by atoms with Gasteiger partial charge in [0.2, 0.25) is 0 Å². The number of carbonyl (C=O) groups is 3. The molecular formula is C27H33N6O6P. The molecule has 12 nitrogen and oxygen atoms in total. The minimum atomic E-state index is -1.29. The van der Waals surface area contributed by atoms with Gasteiger partial charge in [-0.2, -0.15) is 0 Å². The van der Waals surface area contributed by atoms with E-state index in [9.17, 15) is 24.1 Å². The summed E-state index contributed by atoms with van der Waals surface area (Å²) in [4.78, 5) is 52.8. The van der Waals surface area contributed by atoms with Crippen LogP contribution in [-0.2, 0) is 14.1 Å². The molecular weight excluding hydrogens is 535 g/mol. The van der Waals surface area contributed by atoms with E-state index in [1.807, 2.05) is 42.2 Å². The minimum absolute atomic E-state index is 0.0204. The second-order valence-corrected chi connectivity index (χ2v) is 10.0. The van der Waals surface area contributed by atoms with Crippen molar-refractivity contribution < 1.29 is 28.8 Å². The van der Waals surface area contributed by atoms with Crippen LogP contribution in [0.5, 0.6) is 0 Å². The number of benzene rings is 1. The number of aliphatic hydroxyl groups excluding tert-OH is 1. The molecule has 3 heterocycles. The molecule has 1 unspecified atom stereocenters. The molecule has 40 heavy (non-hydrogen) atoms. The third-order valence-corrected chi connectivity index (χ3v) is 7.11. The molecule has 0 aliphatic carbocycles. The van der Waals surface area contributed by atoms with Gasteiger partial charge in [-0.3, -0.25) is 0 Å². The SMILES string of the molecule is CCCCOC(=O)N1CCN(C(=O)[C@H](C#P=O)NC(=O)c2cc(N3CCC(O)C3)nc(-c3ccccc3)n2)CC1. The molecule has 1 aromatic heterocycles. The van der Waals surface area contributed by atoms with Gasteiger partial charge >= 0.3 is 227 Å². The van der Waals surface area contributed by atoms with Crippen LogP contribution in [-0.4, -0.2) is 101 Å². The number of nitrogens with zero attached hydrogens (tertiary/aromatic N) is 5. The predicted octanol–water partition coefficient (Wildman–Crippen LogP) is 2.14. The maximum absolute atomic E-state index is 13.3. The number of rotatable bonds is 8. The summed E-state index contributed by atoms with van der Waals surface area (Å²) in [6, 6.07) is 9.40. The van der Waals surface area contributed by atoms with Crippen LogP contribution in [0.1, 0.15) is 36.7 Å². The monoisotopic (exact) mass is 568 g/mol. The number of hydrogen-bond acceptors (Lipinski definition) is 9. The van der Waals surface area contributed by atoms with Crippen LogP contribution >= 0.6 is 7.92 Å². The summed E-state index contributed by atoms with van der Waals surface area (Å²) in [5, 5.41) is 12.6. The number of β-amino-alcohol motifs (C(OH)–C–C–N with tert-alkyl or cyclic N) is 1. The van der Waals surface area contributed by atoms with Crippen molar-refractivity contribution in [2.24, 2.45) is 0 Å². The quantitative estimate of drug-likeness (QED) is 0.361. The summed E-state index contributed by atoms with van der Waals surface area (Å²) in [5.41, 5.74) is 3.19. The Morgan fingerprint density at radius 1 is 1.12 bits per heavy atom. The van der Waals surface area contributed by atoms with Gasteiger partial charge in [0.05, 0.1) is 0 Å². The second kappa shape index (κ2) is 14.1. The van der Waals surface area contributed by atoms with Crippen molar-refractivity contribution in [3.8, 4) is 17.0 Å². The molecule has 2 aliphatic rings. The molecule has 0 radical (unpaired) electrons. The Labute approximate surface area is 233 Å². The molecule has 3 amide bonds. The Morgan fingerprint density at radius 2 is 1.85 bits per heavy atom. The fraction of sp³-hybridized carbons (Fsp3) is 0.481. The summed E-state index contributed by atoms with van der Waals surface area (Å²) in [7, 11) is -0.542. The van der Waals surface area contributed by atoms with Crippen LogP contribution < -0.4 is 10.2 Å². The van der Waals surface area contributed by atoms with Gasteiger partial charge in [-0.05, 0) is 0 Å². The summed E-state index contributed by atoms with van der Waals surface area (Å²) < 4.78 is 16.7. The Kier molecular flexibility index (Phi) is 10.3. The molecule has 1 aromatic carbocycles. The van der Waals surface area contributed by atoms with Gasteiger partial charge in [0.25, 0.3) is 0 Å². The van der Waals surface area contributed by atoms with Crippen molar-refractivity contribution in [3.05, 3.63) is 42.1 Å². The van der Waals surface area contributed by atoms with Gasteiger partial charge in [-0.25, -0.2) is 0 Å². The third-order valence-electron chi connectivity index (χ3n) is 6.74. The van der Waals surface area contributed by atoms with Gasteiger partial charge in [0, 0.05) is 0 Å². The zero-order chi connectivity index (χ0) is 28.5. The second-order valence-electron chi connectivity index (χ2n) is 9.60. The number of carbonyl (C=O) groups excluding carboxylic acids is 3. The van der Waals surface area contributed by atoms with Crippen LogP contribution in [0.2, 0.25) is 0 Å². The van der Waals surface area contributed by atoms with E-state index in [1.165, 1.54) is 15.9 Å². The van der Waals surface area contributed by atoms with E-state index in [0.29, 0.717) is 43.3 Å². The molecule has 2 aromatic rings. The van der Waals surface area contributed by atoms with E-state index < -0.39 is 38.0 Å². The van der Waals surface area contributed by atoms with Crippen molar-refractivity contribution in [1.29, 1.82) is 0 Å². The summed E-state index contributed by atoms with van der Waals surface area (Å²) >= 11 is 0. The maximum atomic E-state index is 13.3.